The van der Waals surface area contributed by atoms with Crippen molar-refractivity contribution in [2.45, 2.75) is 12.8 Å². The minimum absolute atomic E-state index is 0. The van der Waals surface area contributed by atoms with Crippen LogP contribution in [0.1, 0.15) is 23.3 Å². The third-order valence-electron chi connectivity index (χ3n) is 2.25. The van der Waals surface area contributed by atoms with E-state index >= 15 is 0 Å². The van der Waals surface area contributed by atoms with E-state index in [2.05, 4.69) is 9.97 Å². The molecule has 0 amide bonds. The van der Waals surface area contributed by atoms with Crippen LogP contribution in [0.4, 0.5) is 5.95 Å². The van der Waals surface area contributed by atoms with E-state index in [0.29, 0.717) is 5.95 Å². The molecule has 0 bridgehead atoms. The highest BCUT2D eigenvalue weighted by Gasteiger charge is 2.16. The first-order chi connectivity index (χ1) is 6.77. The zero-order valence-corrected chi connectivity index (χ0v) is 8.90. The summed E-state index contributed by atoms with van der Waals surface area (Å²) in [4.78, 5) is 20.7. The topological polar surface area (TPSA) is 66.3 Å². The van der Waals surface area contributed by atoms with Crippen molar-refractivity contribution in [2.24, 2.45) is 0 Å². The molecule has 0 radical (unpaired) electrons. The molecule has 1 saturated heterocycles. The summed E-state index contributed by atoms with van der Waals surface area (Å²) in [6.07, 6.45) is 3.74. The highest BCUT2D eigenvalue weighted by molar-refractivity contribution is 5.85. The standard InChI is InChI=1S/C9H11N3O2.ClH/c13-8(14)7-3-4-10-9(11-7)12-5-1-2-6-12;/h3-4H,1-2,5-6H2,(H,13,14);1H. The fraction of sp³-hybridized carbons (Fsp3) is 0.444. The number of nitrogens with zero attached hydrogens (tertiary/aromatic N) is 3. The molecule has 5 nitrogen and oxygen atoms in total. The molecule has 1 fully saturated rings. The van der Waals surface area contributed by atoms with Crippen molar-refractivity contribution in [3.05, 3.63) is 18.0 Å². The molecular formula is C9H12ClN3O2. The van der Waals surface area contributed by atoms with E-state index in [-0.39, 0.29) is 18.1 Å². The summed E-state index contributed by atoms with van der Waals surface area (Å²) < 4.78 is 0. The van der Waals surface area contributed by atoms with Gasteiger partial charge >= 0.3 is 5.97 Å². The molecular weight excluding hydrogens is 218 g/mol. The third kappa shape index (κ3) is 2.56. The summed E-state index contributed by atoms with van der Waals surface area (Å²) in [6, 6.07) is 1.40. The maximum atomic E-state index is 10.7. The Kier molecular flexibility index (Phi) is 3.85. The molecule has 0 aromatic carbocycles. The van der Waals surface area contributed by atoms with Crippen molar-refractivity contribution in [3.8, 4) is 0 Å². The Balaban J connectivity index is 0.00000112. The summed E-state index contributed by atoms with van der Waals surface area (Å²) >= 11 is 0. The van der Waals surface area contributed by atoms with Gasteiger partial charge in [-0.3, -0.25) is 0 Å². The molecule has 1 aromatic heterocycles. The van der Waals surface area contributed by atoms with Crippen LogP contribution >= 0.6 is 12.4 Å². The van der Waals surface area contributed by atoms with E-state index in [9.17, 15) is 4.79 Å². The zero-order valence-electron chi connectivity index (χ0n) is 8.09. The summed E-state index contributed by atoms with van der Waals surface area (Å²) in [5.74, 6) is -0.477. The molecule has 1 aromatic rings. The molecule has 0 unspecified atom stereocenters. The van der Waals surface area contributed by atoms with Gasteiger partial charge in [0.25, 0.3) is 0 Å². The van der Waals surface area contributed by atoms with E-state index in [1.165, 1.54) is 12.3 Å². The second-order valence-electron chi connectivity index (χ2n) is 3.24. The van der Waals surface area contributed by atoms with Crippen LogP contribution in [-0.2, 0) is 0 Å². The summed E-state index contributed by atoms with van der Waals surface area (Å²) in [5.41, 5.74) is 0.0573. The SMILES string of the molecule is Cl.O=C(O)c1ccnc(N2CCCC2)n1. The first kappa shape index (κ1) is 11.7. The lowest BCUT2D eigenvalue weighted by Crippen LogP contribution is -2.21. The molecule has 0 spiro atoms. The van der Waals surface area contributed by atoms with Gasteiger partial charge < -0.3 is 10.0 Å². The van der Waals surface area contributed by atoms with Crippen LogP contribution in [0, 0.1) is 0 Å². The fourth-order valence-corrected chi connectivity index (χ4v) is 1.54. The van der Waals surface area contributed by atoms with Crippen LogP contribution in [0.3, 0.4) is 0 Å². The summed E-state index contributed by atoms with van der Waals surface area (Å²) in [5, 5.41) is 8.74. The molecule has 82 valence electrons. The molecule has 2 heterocycles. The normalized spacial score (nSPS) is 14.8. The number of carboxylic acid groups (broad SMARTS) is 1. The van der Waals surface area contributed by atoms with Crippen LogP contribution in [-0.4, -0.2) is 34.1 Å². The van der Waals surface area contributed by atoms with Gasteiger partial charge in [-0.1, -0.05) is 0 Å². The average Bonchev–Trinajstić information content (AvgIpc) is 2.71. The van der Waals surface area contributed by atoms with Gasteiger partial charge in [-0.2, -0.15) is 0 Å². The molecule has 15 heavy (non-hydrogen) atoms. The number of rotatable bonds is 2. The molecule has 2 rings (SSSR count). The lowest BCUT2D eigenvalue weighted by atomic mass is 10.4. The van der Waals surface area contributed by atoms with Gasteiger partial charge in [-0.05, 0) is 18.9 Å². The monoisotopic (exact) mass is 229 g/mol. The second-order valence-corrected chi connectivity index (χ2v) is 3.24. The van der Waals surface area contributed by atoms with Crippen LogP contribution < -0.4 is 4.90 Å². The second kappa shape index (κ2) is 4.93. The Morgan fingerprint density at radius 2 is 2.07 bits per heavy atom. The number of hydrogen-bond acceptors (Lipinski definition) is 4. The minimum atomic E-state index is -1.01. The van der Waals surface area contributed by atoms with Crippen LogP contribution in [0.15, 0.2) is 12.3 Å². The average molecular weight is 230 g/mol. The first-order valence-corrected chi connectivity index (χ1v) is 4.58. The highest BCUT2D eigenvalue weighted by atomic mass is 35.5. The number of hydrogen-bond donors (Lipinski definition) is 1. The van der Waals surface area contributed by atoms with Gasteiger partial charge in [0.05, 0.1) is 0 Å². The number of carboxylic acids is 1. The van der Waals surface area contributed by atoms with Gasteiger partial charge in [0.2, 0.25) is 5.95 Å². The van der Waals surface area contributed by atoms with E-state index in [1.54, 1.807) is 0 Å². The Morgan fingerprint density at radius 3 is 2.67 bits per heavy atom. The fourth-order valence-electron chi connectivity index (χ4n) is 1.54. The molecule has 1 N–H and O–H groups in total. The van der Waals surface area contributed by atoms with Crippen molar-refractivity contribution in [3.63, 3.8) is 0 Å². The van der Waals surface area contributed by atoms with Crippen LogP contribution in [0.2, 0.25) is 0 Å². The Hall–Kier alpha value is -1.36. The highest BCUT2D eigenvalue weighted by Crippen LogP contribution is 2.14. The number of aromatic nitrogens is 2. The number of aromatic carboxylic acids is 1. The summed E-state index contributed by atoms with van der Waals surface area (Å²) in [7, 11) is 0. The molecule has 6 heteroatoms. The van der Waals surface area contributed by atoms with Gasteiger partial charge in [0, 0.05) is 19.3 Å². The molecule has 0 saturated carbocycles. The molecule has 1 aliphatic rings. The zero-order chi connectivity index (χ0) is 9.97. The van der Waals surface area contributed by atoms with Gasteiger partial charge in [-0.25, -0.2) is 14.8 Å². The number of halogens is 1. The van der Waals surface area contributed by atoms with Crippen molar-refractivity contribution >= 4 is 24.3 Å². The Labute approximate surface area is 93.6 Å². The van der Waals surface area contributed by atoms with Crippen molar-refractivity contribution in [2.75, 3.05) is 18.0 Å². The lowest BCUT2D eigenvalue weighted by Gasteiger charge is -2.14. The number of carbonyl (C=O) groups is 1. The van der Waals surface area contributed by atoms with Crippen molar-refractivity contribution < 1.29 is 9.90 Å². The summed E-state index contributed by atoms with van der Waals surface area (Å²) in [6.45, 7) is 1.84. The van der Waals surface area contributed by atoms with Gasteiger partial charge in [0.15, 0.2) is 5.69 Å². The predicted molar refractivity (Wildman–Crippen MR) is 57.7 cm³/mol. The van der Waals surface area contributed by atoms with E-state index in [4.69, 9.17) is 5.11 Å². The van der Waals surface area contributed by atoms with Gasteiger partial charge in [-0.15, -0.1) is 12.4 Å². The quantitative estimate of drug-likeness (QED) is 0.826. The predicted octanol–water partition coefficient (Wildman–Crippen LogP) is 1.20. The largest absolute Gasteiger partial charge is 0.477 e. The van der Waals surface area contributed by atoms with E-state index < -0.39 is 5.97 Å². The first-order valence-electron chi connectivity index (χ1n) is 4.58. The smallest absolute Gasteiger partial charge is 0.354 e. The molecule has 0 atom stereocenters. The third-order valence-corrected chi connectivity index (χ3v) is 2.25. The lowest BCUT2D eigenvalue weighted by molar-refractivity contribution is 0.0690. The Bertz CT molecular complexity index is 353. The molecule has 0 aliphatic carbocycles. The van der Waals surface area contributed by atoms with E-state index in [0.717, 1.165) is 25.9 Å². The van der Waals surface area contributed by atoms with Gasteiger partial charge in [0.1, 0.15) is 0 Å². The Morgan fingerprint density at radius 1 is 1.40 bits per heavy atom. The minimum Gasteiger partial charge on any atom is -0.477 e. The maximum absolute atomic E-state index is 10.7. The van der Waals surface area contributed by atoms with Crippen LogP contribution in [0.5, 0.6) is 0 Å². The van der Waals surface area contributed by atoms with Crippen molar-refractivity contribution in [1.29, 1.82) is 0 Å². The van der Waals surface area contributed by atoms with Crippen LogP contribution in [0.25, 0.3) is 0 Å². The maximum Gasteiger partial charge on any atom is 0.354 e. The van der Waals surface area contributed by atoms with E-state index in [1.807, 2.05) is 4.90 Å². The van der Waals surface area contributed by atoms with Crippen molar-refractivity contribution in [1.82, 2.24) is 9.97 Å². The number of anilines is 1. The molecule has 1 aliphatic heterocycles.